The molecule has 0 amide bonds. The van der Waals surface area contributed by atoms with E-state index >= 15 is 0 Å². The molecular weight excluding hydrogens is 352 g/mol. The number of nitrogens with one attached hydrogen (secondary N) is 1. The molecule has 1 N–H and O–H groups in total. The van der Waals surface area contributed by atoms with Gasteiger partial charge in [0.2, 0.25) is 0 Å². The second kappa shape index (κ2) is 6.63. The van der Waals surface area contributed by atoms with Gasteiger partial charge in [-0.2, -0.15) is 5.26 Å². The van der Waals surface area contributed by atoms with Crippen LogP contribution in [0, 0.1) is 16.0 Å². The van der Waals surface area contributed by atoms with Crippen LogP contribution in [0.2, 0.25) is 0 Å². The van der Waals surface area contributed by atoms with E-state index in [1.54, 1.807) is 0 Å². The van der Waals surface area contributed by atoms with E-state index < -0.39 is 9.84 Å². The Hall–Kier alpha value is -2.75. The second-order valence-corrected chi connectivity index (χ2v) is 7.95. The maximum Gasteiger partial charge on any atom is 0.177 e. The number of sulfone groups is 1. The molecule has 0 spiro atoms. The fourth-order valence-corrected chi connectivity index (χ4v) is 3.73. The van der Waals surface area contributed by atoms with Gasteiger partial charge in [0, 0.05) is 18.0 Å². The lowest BCUT2D eigenvalue weighted by Gasteiger charge is -2.11. The van der Waals surface area contributed by atoms with Gasteiger partial charge in [-0.25, -0.2) is 8.42 Å². The minimum Gasteiger partial charge on any atom is -0.350 e. The van der Waals surface area contributed by atoms with Crippen LogP contribution in [0.3, 0.4) is 0 Å². The Morgan fingerprint density at radius 3 is 2.08 bits per heavy atom. The summed E-state index contributed by atoms with van der Waals surface area (Å²) in [6.07, 6.45) is 2.46. The molecule has 3 aromatic rings. The molecule has 0 unspecified atom stereocenters. The van der Waals surface area contributed by atoms with Crippen molar-refractivity contribution in [3.05, 3.63) is 71.0 Å². The van der Waals surface area contributed by atoms with Gasteiger partial charge < -0.3 is 4.98 Å². The number of rotatable bonds is 3. The molecule has 4 nitrogen and oxygen atoms in total. The van der Waals surface area contributed by atoms with Gasteiger partial charge in [-0.1, -0.05) is 66.8 Å². The molecule has 0 radical (unpaired) electrons. The molecule has 0 aliphatic heterocycles. The Morgan fingerprint density at radius 1 is 0.960 bits per heavy atom. The molecule has 3 rings (SSSR count). The largest absolute Gasteiger partial charge is 0.350 e. The van der Waals surface area contributed by atoms with Crippen molar-refractivity contribution in [3.8, 4) is 28.3 Å². The molecule has 0 saturated heterocycles. The van der Waals surface area contributed by atoms with E-state index in [0.29, 0.717) is 11.1 Å². The van der Waals surface area contributed by atoms with Crippen LogP contribution in [0.15, 0.2) is 65.7 Å². The van der Waals surface area contributed by atoms with E-state index in [0.717, 1.165) is 17.4 Å². The first-order chi connectivity index (χ1) is 11.9. The van der Waals surface area contributed by atoms with Crippen LogP contribution >= 0.6 is 12.2 Å². The molecule has 124 valence electrons. The summed E-state index contributed by atoms with van der Waals surface area (Å²) in [6, 6.07) is 19.3. The van der Waals surface area contributed by atoms with E-state index in [4.69, 9.17) is 12.2 Å². The monoisotopic (exact) mass is 366 g/mol. The summed E-state index contributed by atoms with van der Waals surface area (Å²) >= 11 is 5.15. The Balaban J connectivity index is 2.22. The molecule has 0 bridgehead atoms. The average molecular weight is 366 g/mol. The number of aromatic nitrogens is 1. The number of pyridine rings is 1. The first kappa shape index (κ1) is 17.1. The topological polar surface area (TPSA) is 73.7 Å². The Labute approximate surface area is 151 Å². The maximum atomic E-state index is 12.1. The molecule has 0 fully saturated rings. The zero-order valence-electron chi connectivity index (χ0n) is 13.4. The highest BCUT2D eigenvalue weighted by Gasteiger charge is 2.20. The Bertz CT molecular complexity index is 1120. The van der Waals surface area contributed by atoms with E-state index in [1.165, 1.54) is 6.20 Å². The number of nitriles is 1. The molecule has 1 aromatic heterocycles. The molecule has 0 aliphatic rings. The minimum atomic E-state index is -3.52. The van der Waals surface area contributed by atoms with Crippen molar-refractivity contribution in [1.82, 2.24) is 4.98 Å². The Kier molecular flexibility index (Phi) is 4.53. The number of hydrogen-bond donors (Lipinski definition) is 1. The van der Waals surface area contributed by atoms with Crippen molar-refractivity contribution >= 4 is 22.1 Å². The molecule has 1 heterocycles. The highest BCUT2D eigenvalue weighted by atomic mass is 32.2. The fraction of sp³-hybridized carbons (Fsp3) is 0.0526. The minimum absolute atomic E-state index is 0.0603. The van der Waals surface area contributed by atoms with E-state index in [-0.39, 0.29) is 15.1 Å². The quantitative estimate of drug-likeness (QED) is 0.699. The molecule has 0 atom stereocenters. The third-order valence-corrected chi connectivity index (χ3v) is 5.29. The van der Waals surface area contributed by atoms with Crippen LogP contribution in [0.5, 0.6) is 0 Å². The molecule has 25 heavy (non-hydrogen) atoms. The molecule has 0 saturated carbocycles. The summed E-state index contributed by atoms with van der Waals surface area (Å²) in [5, 5.41) is 9.45. The van der Waals surface area contributed by atoms with Crippen molar-refractivity contribution in [2.75, 3.05) is 6.26 Å². The molecule has 2 aromatic carbocycles. The third kappa shape index (κ3) is 3.38. The van der Waals surface area contributed by atoms with E-state index in [9.17, 15) is 13.7 Å². The summed E-state index contributed by atoms with van der Waals surface area (Å²) < 4.78 is 24.5. The number of hydrogen-bond acceptors (Lipinski definition) is 4. The predicted octanol–water partition coefficient (Wildman–Crippen LogP) is 4.35. The Morgan fingerprint density at radius 2 is 1.52 bits per heavy atom. The van der Waals surface area contributed by atoms with Gasteiger partial charge in [0.05, 0.1) is 10.5 Å². The van der Waals surface area contributed by atoms with Gasteiger partial charge in [-0.3, -0.25) is 0 Å². The molecular formula is C19H14N2O2S2. The highest BCUT2D eigenvalue weighted by molar-refractivity contribution is 7.90. The average Bonchev–Trinajstić information content (AvgIpc) is 2.61. The van der Waals surface area contributed by atoms with Crippen LogP contribution in [0.4, 0.5) is 0 Å². The van der Waals surface area contributed by atoms with Crippen molar-refractivity contribution in [2.45, 2.75) is 4.90 Å². The van der Waals surface area contributed by atoms with Crippen LogP contribution < -0.4 is 0 Å². The zero-order valence-corrected chi connectivity index (χ0v) is 15.0. The third-order valence-electron chi connectivity index (χ3n) is 3.85. The van der Waals surface area contributed by atoms with Crippen LogP contribution in [0.1, 0.15) is 5.56 Å². The lowest BCUT2D eigenvalue weighted by Crippen LogP contribution is -2.03. The van der Waals surface area contributed by atoms with Crippen LogP contribution in [-0.4, -0.2) is 19.7 Å². The van der Waals surface area contributed by atoms with E-state index in [1.807, 2.05) is 60.7 Å². The number of benzene rings is 2. The first-order valence-corrected chi connectivity index (χ1v) is 9.73. The SMILES string of the molecule is CS(=O)(=O)c1c[nH]c(=S)c(C#N)c1-c1ccc(-c2ccccc2)cc1. The molecule has 0 aliphatic carbocycles. The van der Waals surface area contributed by atoms with Gasteiger partial charge in [0.1, 0.15) is 10.7 Å². The summed E-state index contributed by atoms with van der Waals surface area (Å²) in [5.41, 5.74) is 3.20. The lowest BCUT2D eigenvalue weighted by atomic mass is 9.98. The maximum absolute atomic E-state index is 12.1. The van der Waals surface area contributed by atoms with Crippen molar-refractivity contribution in [2.24, 2.45) is 0 Å². The lowest BCUT2D eigenvalue weighted by molar-refractivity contribution is 0.601. The second-order valence-electron chi connectivity index (χ2n) is 5.56. The fourth-order valence-electron chi connectivity index (χ4n) is 2.66. The van der Waals surface area contributed by atoms with Crippen LogP contribution in [-0.2, 0) is 9.84 Å². The van der Waals surface area contributed by atoms with Gasteiger partial charge in [0.25, 0.3) is 0 Å². The van der Waals surface area contributed by atoms with Gasteiger partial charge in [-0.05, 0) is 16.7 Å². The molecule has 6 heteroatoms. The van der Waals surface area contributed by atoms with Crippen molar-refractivity contribution in [1.29, 1.82) is 5.26 Å². The predicted molar refractivity (Wildman–Crippen MR) is 100 cm³/mol. The number of H-pyrrole nitrogens is 1. The van der Waals surface area contributed by atoms with Gasteiger partial charge in [0.15, 0.2) is 9.84 Å². The summed E-state index contributed by atoms with van der Waals surface area (Å²) in [7, 11) is -3.52. The normalized spacial score (nSPS) is 11.0. The number of aromatic amines is 1. The number of nitrogens with zero attached hydrogens (tertiary/aromatic N) is 1. The highest BCUT2D eigenvalue weighted by Crippen LogP contribution is 2.32. The van der Waals surface area contributed by atoms with Crippen molar-refractivity contribution < 1.29 is 8.42 Å². The first-order valence-electron chi connectivity index (χ1n) is 7.43. The smallest absolute Gasteiger partial charge is 0.177 e. The van der Waals surface area contributed by atoms with Crippen LogP contribution in [0.25, 0.3) is 22.3 Å². The van der Waals surface area contributed by atoms with Crippen molar-refractivity contribution in [3.63, 3.8) is 0 Å². The summed E-state index contributed by atoms with van der Waals surface area (Å²) in [5.74, 6) is 0. The summed E-state index contributed by atoms with van der Waals surface area (Å²) in [6.45, 7) is 0. The summed E-state index contributed by atoms with van der Waals surface area (Å²) in [4.78, 5) is 2.75. The van der Waals surface area contributed by atoms with Gasteiger partial charge in [-0.15, -0.1) is 0 Å². The van der Waals surface area contributed by atoms with E-state index in [2.05, 4.69) is 4.98 Å². The van der Waals surface area contributed by atoms with Gasteiger partial charge >= 0.3 is 0 Å². The standard InChI is InChI=1S/C19H14N2O2S2/c1-25(22,23)17-12-21-19(24)16(11-20)18(17)15-9-7-14(8-10-15)13-5-3-2-4-6-13/h2-10,12H,1H3,(H,21,24). The zero-order chi connectivity index (χ0) is 18.0.